The van der Waals surface area contributed by atoms with Gasteiger partial charge in [-0.05, 0) is 69.3 Å². The molecule has 0 aromatic heterocycles. The second kappa shape index (κ2) is 3.71. The van der Waals surface area contributed by atoms with E-state index in [1.165, 1.54) is 26.7 Å². The number of hydrogen-bond acceptors (Lipinski definition) is 0. The Hall–Kier alpha value is -0.570. The van der Waals surface area contributed by atoms with Gasteiger partial charge in [-0.25, -0.2) is 0 Å². The highest BCUT2D eigenvalue weighted by Gasteiger charge is 2.37. The van der Waals surface area contributed by atoms with E-state index in [2.05, 4.69) is 73.7 Å². The molecule has 2 aliphatic rings. The highest BCUT2D eigenvalue weighted by Crippen LogP contribution is 2.50. The molecule has 17 heavy (non-hydrogen) atoms. The van der Waals surface area contributed by atoms with Gasteiger partial charge < -0.3 is 0 Å². The van der Waals surface area contributed by atoms with Crippen molar-refractivity contribution in [2.45, 2.75) is 32.6 Å². The maximum atomic E-state index is 2.41. The molecule has 0 fully saturated rings. The molecule has 0 saturated heterocycles. The third-order valence-corrected chi connectivity index (χ3v) is 4.77. The Bertz CT molecular complexity index is 547. The van der Waals surface area contributed by atoms with Crippen molar-refractivity contribution >= 4 is 28.2 Å². The van der Waals surface area contributed by atoms with Crippen LogP contribution in [0.15, 0.2) is 35.9 Å². The Balaban J connectivity index is 2.24. The van der Waals surface area contributed by atoms with Crippen LogP contribution in [0.25, 0.3) is 5.57 Å². The zero-order chi connectivity index (χ0) is 12.2. The van der Waals surface area contributed by atoms with Crippen LogP contribution in [0.1, 0.15) is 38.3 Å². The summed E-state index contributed by atoms with van der Waals surface area (Å²) in [7, 11) is 0. The van der Waals surface area contributed by atoms with Crippen molar-refractivity contribution in [2.24, 2.45) is 5.92 Å². The van der Waals surface area contributed by atoms with Crippen molar-refractivity contribution in [3.05, 3.63) is 50.6 Å². The van der Waals surface area contributed by atoms with Gasteiger partial charge in [0.1, 0.15) is 0 Å². The minimum atomic E-state index is 0.183. The summed E-state index contributed by atoms with van der Waals surface area (Å²) in [5, 5.41) is 0. The monoisotopic (exact) mass is 336 g/mol. The fraction of sp³-hybridized carbons (Fsp3) is 0.375. The molecule has 1 unspecified atom stereocenters. The molecular weight excluding hydrogens is 319 g/mol. The largest absolute Gasteiger partial charge is 0.0810 e. The van der Waals surface area contributed by atoms with Crippen LogP contribution < -0.4 is 0 Å². The summed E-state index contributed by atoms with van der Waals surface area (Å²) in [5.41, 5.74) is 6.29. The van der Waals surface area contributed by atoms with E-state index in [4.69, 9.17) is 0 Å². The molecule has 3 rings (SSSR count). The molecule has 0 aliphatic heterocycles. The van der Waals surface area contributed by atoms with Gasteiger partial charge in [-0.2, -0.15) is 0 Å². The third-order valence-electron chi connectivity index (χ3n) is 4.10. The predicted octanol–water partition coefficient (Wildman–Crippen LogP) is 4.93. The van der Waals surface area contributed by atoms with Crippen molar-refractivity contribution in [1.29, 1.82) is 0 Å². The molecule has 1 aromatic carbocycles. The van der Waals surface area contributed by atoms with Crippen LogP contribution in [-0.4, -0.2) is 0 Å². The zero-order valence-electron chi connectivity index (χ0n) is 10.5. The summed E-state index contributed by atoms with van der Waals surface area (Å²) >= 11 is 2.41. The molecule has 2 aliphatic carbocycles. The highest BCUT2D eigenvalue weighted by molar-refractivity contribution is 14.1. The van der Waals surface area contributed by atoms with Crippen molar-refractivity contribution in [3.63, 3.8) is 0 Å². The second-order valence-corrected chi connectivity index (χ2v) is 6.99. The molecule has 0 N–H and O–H groups in total. The number of benzene rings is 1. The summed E-state index contributed by atoms with van der Waals surface area (Å²) in [4.78, 5) is 0. The highest BCUT2D eigenvalue weighted by atomic mass is 127. The molecule has 0 amide bonds. The van der Waals surface area contributed by atoms with Crippen molar-refractivity contribution in [1.82, 2.24) is 0 Å². The van der Waals surface area contributed by atoms with E-state index in [0.717, 1.165) is 0 Å². The average molecular weight is 336 g/mol. The molecule has 0 bridgehead atoms. The SMILES string of the molecule is CC1C=CC2=C(C1)c1ccc(I)cc1C2(C)C. The van der Waals surface area contributed by atoms with Gasteiger partial charge in [0.15, 0.2) is 0 Å². The van der Waals surface area contributed by atoms with Crippen LogP contribution in [-0.2, 0) is 5.41 Å². The molecule has 0 radical (unpaired) electrons. The van der Waals surface area contributed by atoms with Gasteiger partial charge in [-0.3, -0.25) is 0 Å². The number of halogens is 1. The number of fused-ring (bicyclic) bond motifs is 2. The lowest BCUT2D eigenvalue weighted by atomic mass is 9.79. The molecule has 1 heteroatoms. The van der Waals surface area contributed by atoms with Crippen LogP contribution >= 0.6 is 22.6 Å². The fourth-order valence-corrected chi connectivity index (χ4v) is 3.63. The Morgan fingerprint density at radius 3 is 2.82 bits per heavy atom. The number of rotatable bonds is 0. The third kappa shape index (κ3) is 1.62. The molecule has 0 nitrogen and oxygen atoms in total. The predicted molar refractivity (Wildman–Crippen MR) is 82.0 cm³/mol. The standard InChI is InChI=1S/C16H17I/c1-10-4-7-14-13(8-10)12-6-5-11(17)9-15(12)16(14,2)3/h4-7,9-10H,8H2,1-3H3. The Labute approximate surface area is 117 Å². The zero-order valence-corrected chi connectivity index (χ0v) is 12.7. The summed E-state index contributed by atoms with van der Waals surface area (Å²) in [5.74, 6) is 0.676. The lowest BCUT2D eigenvalue weighted by Crippen LogP contribution is -2.17. The number of allylic oxidation sites excluding steroid dienone is 4. The molecule has 1 aromatic rings. The van der Waals surface area contributed by atoms with E-state index in [-0.39, 0.29) is 5.41 Å². The quantitative estimate of drug-likeness (QED) is 0.589. The lowest BCUT2D eigenvalue weighted by Gasteiger charge is -2.25. The van der Waals surface area contributed by atoms with E-state index in [9.17, 15) is 0 Å². The smallest absolute Gasteiger partial charge is 0.0155 e. The molecule has 0 spiro atoms. The molecular formula is C16H17I. The Kier molecular flexibility index (Phi) is 2.51. The maximum Gasteiger partial charge on any atom is 0.0155 e. The van der Waals surface area contributed by atoms with Gasteiger partial charge in [-0.1, -0.05) is 39.0 Å². The first-order valence-corrected chi connectivity index (χ1v) is 7.30. The summed E-state index contributed by atoms with van der Waals surface area (Å²) in [6.07, 6.45) is 5.91. The van der Waals surface area contributed by atoms with Gasteiger partial charge in [0, 0.05) is 8.99 Å². The first-order chi connectivity index (χ1) is 8.00. The van der Waals surface area contributed by atoms with Crippen LogP contribution in [0.4, 0.5) is 0 Å². The topological polar surface area (TPSA) is 0 Å². The van der Waals surface area contributed by atoms with E-state index in [0.29, 0.717) is 5.92 Å². The van der Waals surface area contributed by atoms with Gasteiger partial charge in [0.25, 0.3) is 0 Å². The fourth-order valence-electron chi connectivity index (χ4n) is 3.14. The minimum absolute atomic E-state index is 0.183. The number of hydrogen-bond donors (Lipinski definition) is 0. The normalized spacial score (nSPS) is 24.8. The van der Waals surface area contributed by atoms with Crippen LogP contribution in [0.2, 0.25) is 0 Å². The first kappa shape index (κ1) is 11.5. The Morgan fingerprint density at radius 2 is 2.06 bits per heavy atom. The summed E-state index contributed by atoms with van der Waals surface area (Å²) in [6.45, 7) is 7.01. The summed E-state index contributed by atoms with van der Waals surface area (Å²) in [6, 6.07) is 6.90. The Morgan fingerprint density at radius 1 is 1.29 bits per heavy atom. The van der Waals surface area contributed by atoms with Gasteiger partial charge in [-0.15, -0.1) is 0 Å². The van der Waals surface area contributed by atoms with E-state index in [1.807, 2.05) is 0 Å². The first-order valence-electron chi connectivity index (χ1n) is 6.22. The van der Waals surface area contributed by atoms with E-state index >= 15 is 0 Å². The summed E-state index contributed by atoms with van der Waals surface area (Å²) < 4.78 is 1.34. The molecule has 1 atom stereocenters. The maximum absolute atomic E-state index is 2.41. The van der Waals surface area contributed by atoms with Crippen molar-refractivity contribution < 1.29 is 0 Å². The molecule has 0 heterocycles. The minimum Gasteiger partial charge on any atom is -0.0810 e. The van der Waals surface area contributed by atoms with Crippen molar-refractivity contribution in [3.8, 4) is 0 Å². The van der Waals surface area contributed by atoms with E-state index < -0.39 is 0 Å². The lowest BCUT2D eigenvalue weighted by molar-refractivity contribution is 0.643. The second-order valence-electron chi connectivity index (χ2n) is 5.75. The van der Waals surface area contributed by atoms with Crippen LogP contribution in [0.5, 0.6) is 0 Å². The molecule has 88 valence electrons. The van der Waals surface area contributed by atoms with Gasteiger partial charge >= 0.3 is 0 Å². The molecule has 0 saturated carbocycles. The average Bonchev–Trinajstić information content (AvgIpc) is 2.48. The van der Waals surface area contributed by atoms with Crippen LogP contribution in [0, 0.1) is 9.49 Å². The van der Waals surface area contributed by atoms with Crippen LogP contribution in [0.3, 0.4) is 0 Å². The van der Waals surface area contributed by atoms with Gasteiger partial charge in [0.2, 0.25) is 0 Å². The van der Waals surface area contributed by atoms with Crippen molar-refractivity contribution in [2.75, 3.05) is 0 Å². The van der Waals surface area contributed by atoms with E-state index in [1.54, 1.807) is 5.57 Å². The van der Waals surface area contributed by atoms with Gasteiger partial charge in [0.05, 0.1) is 0 Å².